The number of fused-ring (bicyclic) bond motifs is 1. The summed E-state index contributed by atoms with van der Waals surface area (Å²) in [5.41, 5.74) is 6.68. The van der Waals surface area contributed by atoms with Gasteiger partial charge in [-0.25, -0.2) is 19.2 Å². The van der Waals surface area contributed by atoms with Crippen LogP contribution in [-0.2, 0) is 17.2 Å². The van der Waals surface area contributed by atoms with Gasteiger partial charge in [0, 0.05) is 5.75 Å². The van der Waals surface area contributed by atoms with E-state index in [1.165, 1.54) is 16.7 Å². The maximum atomic E-state index is 13.6. The Hall–Kier alpha value is -2.26. The van der Waals surface area contributed by atoms with Gasteiger partial charge in [0.05, 0.1) is 11.6 Å². The smallest absolute Gasteiger partial charge is 0.328 e. The zero-order chi connectivity index (χ0) is 18.1. The highest BCUT2D eigenvalue weighted by Crippen LogP contribution is 2.19. The Kier molecular flexibility index (Phi) is 4.87. The van der Waals surface area contributed by atoms with Crippen molar-refractivity contribution in [1.82, 2.24) is 19.5 Å². The van der Waals surface area contributed by atoms with Crippen LogP contribution in [0.25, 0.3) is 11.2 Å². The van der Waals surface area contributed by atoms with Crippen LogP contribution in [0.5, 0.6) is 0 Å². The summed E-state index contributed by atoms with van der Waals surface area (Å²) in [5.74, 6) is 0.179. The molecule has 132 valence electrons. The molecular weight excluding hydrogens is 367 g/mol. The van der Waals surface area contributed by atoms with Crippen molar-refractivity contribution >= 4 is 39.3 Å². The summed E-state index contributed by atoms with van der Waals surface area (Å²) in [6, 6.07) is 4.34. The Morgan fingerprint density at radius 2 is 2.20 bits per heavy atom. The summed E-state index contributed by atoms with van der Waals surface area (Å²) in [7, 11) is -0.911. The van der Waals surface area contributed by atoms with E-state index in [1.54, 1.807) is 6.07 Å². The molecule has 0 fully saturated rings. The van der Waals surface area contributed by atoms with Crippen LogP contribution in [0.4, 0.5) is 10.2 Å². The Balaban J connectivity index is 2.10. The molecule has 0 saturated carbocycles. The maximum Gasteiger partial charge on any atom is 0.328 e. The van der Waals surface area contributed by atoms with Crippen molar-refractivity contribution in [2.45, 2.75) is 25.0 Å². The molecule has 4 N–H and O–H groups in total. The topological polar surface area (TPSA) is 113 Å². The number of hydrogen-bond acceptors (Lipinski definition) is 5. The monoisotopic (exact) mass is 382 g/mol. The number of nitrogens with one attached hydrogen (secondary N) is 2. The van der Waals surface area contributed by atoms with Crippen LogP contribution in [0.15, 0.2) is 28.2 Å². The van der Waals surface area contributed by atoms with Crippen LogP contribution < -0.4 is 11.4 Å². The van der Waals surface area contributed by atoms with Gasteiger partial charge in [0.25, 0.3) is 0 Å². The summed E-state index contributed by atoms with van der Waals surface area (Å²) in [6.45, 7) is 2.07. The molecule has 1 unspecified atom stereocenters. The Bertz CT molecular complexity index is 1030. The van der Waals surface area contributed by atoms with Gasteiger partial charge >= 0.3 is 5.69 Å². The van der Waals surface area contributed by atoms with E-state index < -0.39 is 22.2 Å². The highest BCUT2D eigenvalue weighted by Gasteiger charge is 2.16. The lowest BCUT2D eigenvalue weighted by molar-refractivity contribution is 0.623. The third-order valence-electron chi connectivity index (χ3n) is 3.58. The van der Waals surface area contributed by atoms with E-state index in [0.29, 0.717) is 27.6 Å². The minimum atomic E-state index is -0.911. The number of nitrogens with two attached hydrogens (primary N) is 1. The van der Waals surface area contributed by atoms with Gasteiger partial charge in [-0.1, -0.05) is 24.6 Å². The lowest BCUT2D eigenvalue weighted by Gasteiger charge is -2.07. The lowest BCUT2D eigenvalue weighted by Crippen LogP contribution is -2.18. The van der Waals surface area contributed by atoms with E-state index in [1.807, 2.05) is 6.92 Å². The van der Waals surface area contributed by atoms with Crippen molar-refractivity contribution in [1.29, 1.82) is 4.78 Å². The highest BCUT2D eigenvalue weighted by atomic mass is 35.5. The fourth-order valence-corrected chi connectivity index (χ4v) is 3.52. The van der Waals surface area contributed by atoms with Gasteiger partial charge in [0.15, 0.2) is 11.5 Å². The van der Waals surface area contributed by atoms with Gasteiger partial charge in [-0.3, -0.25) is 9.35 Å². The molecule has 0 radical (unpaired) electrons. The summed E-state index contributed by atoms with van der Waals surface area (Å²) >= 11 is 5.69. The molecule has 0 aliphatic heterocycles. The minimum absolute atomic E-state index is 0.0155. The van der Waals surface area contributed by atoms with E-state index in [-0.39, 0.29) is 17.4 Å². The van der Waals surface area contributed by atoms with Gasteiger partial charge in [-0.2, -0.15) is 0 Å². The molecule has 3 aromatic rings. The first-order chi connectivity index (χ1) is 11.9. The average molecular weight is 383 g/mol. The number of benzene rings is 1. The number of hydrogen-bond donors (Lipinski definition) is 3. The van der Waals surface area contributed by atoms with E-state index >= 15 is 0 Å². The molecule has 0 amide bonds. The number of halogens is 2. The molecule has 1 aromatic carbocycles. The first kappa shape index (κ1) is 17.6. The van der Waals surface area contributed by atoms with Gasteiger partial charge in [0.1, 0.15) is 11.3 Å². The van der Waals surface area contributed by atoms with E-state index in [9.17, 15) is 9.18 Å². The van der Waals surface area contributed by atoms with Crippen molar-refractivity contribution in [3.05, 3.63) is 45.1 Å². The molecule has 0 saturated heterocycles. The molecule has 10 heteroatoms. The Morgan fingerprint density at radius 1 is 1.44 bits per heavy atom. The van der Waals surface area contributed by atoms with Crippen molar-refractivity contribution < 1.29 is 4.39 Å². The molecule has 0 aliphatic rings. The molecule has 7 nitrogen and oxygen atoms in total. The minimum Gasteiger partial charge on any atom is -0.382 e. The van der Waals surface area contributed by atoms with Crippen LogP contribution in [0.3, 0.4) is 0 Å². The van der Waals surface area contributed by atoms with Crippen LogP contribution in [0, 0.1) is 10.6 Å². The maximum absolute atomic E-state index is 13.6. The first-order valence-electron chi connectivity index (χ1n) is 7.52. The fraction of sp³-hybridized carbons (Fsp3) is 0.267. The third kappa shape index (κ3) is 3.42. The number of anilines is 1. The quantitative estimate of drug-likeness (QED) is 0.588. The summed E-state index contributed by atoms with van der Waals surface area (Å²) in [5, 5.41) is 0.309. The standard InChI is InChI=1S/C15H16ClFN6OS/c1-2-5-25(19)14-21-12(18)11-13(22-14)23(15(24)20-11)7-8-3-4-9(16)10(17)6-8/h3-4,6,19H,2,5,7H2,1H3,(H,20,24)(H2,18,21,22). The second kappa shape index (κ2) is 6.93. The zero-order valence-electron chi connectivity index (χ0n) is 13.3. The van der Waals surface area contributed by atoms with Crippen molar-refractivity contribution in [2.75, 3.05) is 11.5 Å². The third-order valence-corrected chi connectivity index (χ3v) is 5.33. The number of nitrogen functional groups attached to an aromatic ring is 1. The van der Waals surface area contributed by atoms with E-state index in [2.05, 4.69) is 15.0 Å². The fourth-order valence-electron chi connectivity index (χ4n) is 2.40. The zero-order valence-corrected chi connectivity index (χ0v) is 14.9. The van der Waals surface area contributed by atoms with Crippen LogP contribution in [0.2, 0.25) is 5.02 Å². The molecule has 25 heavy (non-hydrogen) atoms. The molecule has 2 aromatic heterocycles. The van der Waals surface area contributed by atoms with Crippen molar-refractivity contribution in [2.24, 2.45) is 0 Å². The Labute approximate surface area is 149 Å². The van der Waals surface area contributed by atoms with Crippen molar-refractivity contribution in [3.63, 3.8) is 0 Å². The SMILES string of the molecule is CCCS(=N)c1nc(N)c2[nH]c(=O)n(Cc3ccc(Cl)c(F)c3)c2n1. The van der Waals surface area contributed by atoms with Crippen LogP contribution >= 0.6 is 11.6 Å². The van der Waals surface area contributed by atoms with Gasteiger partial charge in [-0.05, 0) is 34.8 Å². The normalized spacial score (nSPS) is 12.6. The summed E-state index contributed by atoms with van der Waals surface area (Å²) in [4.78, 5) is 23.4. The van der Waals surface area contributed by atoms with Crippen LogP contribution in [0.1, 0.15) is 18.9 Å². The Morgan fingerprint density at radius 3 is 2.88 bits per heavy atom. The molecular formula is C15H16ClFN6OS. The van der Waals surface area contributed by atoms with E-state index in [4.69, 9.17) is 22.1 Å². The predicted octanol–water partition coefficient (Wildman–Crippen LogP) is 2.69. The van der Waals surface area contributed by atoms with Crippen molar-refractivity contribution in [3.8, 4) is 0 Å². The second-order valence-corrected chi connectivity index (χ2v) is 7.41. The van der Waals surface area contributed by atoms with E-state index in [0.717, 1.165) is 6.42 Å². The summed E-state index contributed by atoms with van der Waals surface area (Å²) < 4.78 is 23.1. The molecule has 0 aliphatic carbocycles. The summed E-state index contributed by atoms with van der Waals surface area (Å²) in [6.07, 6.45) is 0.817. The number of nitrogens with zero attached hydrogens (tertiary/aromatic N) is 3. The lowest BCUT2D eigenvalue weighted by atomic mass is 10.2. The molecule has 0 spiro atoms. The van der Waals surface area contributed by atoms with Gasteiger partial charge in [-0.15, -0.1) is 0 Å². The number of H-pyrrole nitrogens is 1. The first-order valence-corrected chi connectivity index (χ1v) is 9.30. The molecule has 2 heterocycles. The molecule has 1 atom stereocenters. The number of rotatable bonds is 5. The molecule has 3 rings (SSSR count). The number of imidazole rings is 1. The van der Waals surface area contributed by atoms with Gasteiger partial charge < -0.3 is 10.7 Å². The average Bonchev–Trinajstić information content (AvgIpc) is 2.88. The largest absolute Gasteiger partial charge is 0.382 e. The number of aromatic nitrogens is 4. The molecule has 0 bridgehead atoms. The predicted molar refractivity (Wildman–Crippen MR) is 96.6 cm³/mol. The van der Waals surface area contributed by atoms with Crippen LogP contribution in [-0.4, -0.2) is 25.3 Å². The second-order valence-electron chi connectivity index (χ2n) is 5.45. The highest BCUT2D eigenvalue weighted by molar-refractivity contribution is 7.85. The number of aromatic amines is 1. The van der Waals surface area contributed by atoms with Gasteiger partial charge in [0.2, 0.25) is 5.16 Å².